The molecule has 1 N–H and O–H groups in total. The number of methoxy groups -OCH3 is 1. The molecular formula is C26H37ClN4O5S. The van der Waals surface area contributed by atoms with Crippen molar-refractivity contribution in [2.75, 3.05) is 27.8 Å². The number of hydrogen-bond donors (Lipinski definition) is 1. The van der Waals surface area contributed by atoms with E-state index in [1.807, 2.05) is 38.4 Å². The minimum atomic E-state index is -1.53. The number of esters is 1. The summed E-state index contributed by atoms with van der Waals surface area (Å²) in [6.45, 7) is 8.07. The van der Waals surface area contributed by atoms with E-state index in [1.54, 1.807) is 25.2 Å². The summed E-state index contributed by atoms with van der Waals surface area (Å²) in [4.78, 5) is 27.5. The molecule has 0 amide bonds. The first kappa shape index (κ1) is 29.4. The number of aryl methyl sites for hydroxylation is 1. The van der Waals surface area contributed by atoms with Gasteiger partial charge in [0.1, 0.15) is 10.3 Å². The molecule has 1 aliphatic rings. The molecule has 0 bridgehead atoms. The third-order valence-electron chi connectivity index (χ3n) is 6.12. The molecule has 2 aromatic rings. The number of carbonyl (C=O) groups is 2. The van der Waals surface area contributed by atoms with Crippen LogP contribution in [0.15, 0.2) is 24.0 Å². The number of rotatable bonds is 9. The van der Waals surface area contributed by atoms with Gasteiger partial charge in [0, 0.05) is 60.7 Å². The monoisotopic (exact) mass is 552 g/mol. The van der Waals surface area contributed by atoms with E-state index in [4.69, 9.17) is 21.1 Å². The zero-order chi connectivity index (χ0) is 27.5. The van der Waals surface area contributed by atoms with Crippen LogP contribution >= 0.6 is 11.6 Å². The van der Waals surface area contributed by atoms with Crippen LogP contribution in [0.5, 0.6) is 0 Å². The molecule has 0 spiro atoms. The van der Waals surface area contributed by atoms with E-state index in [-0.39, 0.29) is 18.2 Å². The fourth-order valence-corrected chi connectivity index (χ4v) is 5.32. The van der Waals surface area contributed by atoms with Crippen molar-refractivity contribution >= 4 is 45.6 Å². The molecule has 0 radical (unpaired) electrons. The Morgan fingerprint density at radius 2 is 2.11 bits per heavy atom. The van der Waals surface area contributed by atoms with Crippen molar-refractivity contribution in [3.05, 3.63) is 40.2 Å². The summed E-state index contributed by atoms with van der Waals surface area (Å²) in [5.41, 5.74) is 2.12. The lowest BCUT2D eigenvalue weighted by atomic mass is 9.94. The number of benzene rings is 1. The van der Waals surface area contributed by atoms with Crippen LogP contribution in [-0.2, 0) is 30.4 Å². The number of carbonyl (C=O) groups excluding carboxylic acids is 2. The first-order chi connectivity index (χ1) is 17.3. The Hall–Kier alpha value is -2.11. The molecule has 11 heteroatoms. The summed E-state index contributed by atoms with van der Waals surface area (Å²) in [6.07, 6.45) is 5.69. The fraction of sp³-hybridized carbons (Fsp3) is 0.577. The quantitative estimate of drug-likeness (QED) is 0.161. The Morgan fingerprint density at radius 3 is 2.68 bits per heavy atom. The summed E-state index contributed by atoms with van der Waals surface area (Å²) in [5, 5.41) is 5.80. The number of hydrogen-bond acceptors (Lipinski definition) is 8. The second kappa shape index (κ2) is 12.2. The Bertz CT molecular complexity index is 1170. The lowest BCUT2D eigenvalue weighted by molar-refractivity contribution is -0.138. The van der Waals surface area contributed by atoms with Gasteiger partial charge in [0.25, 0.3) is 0 Å². The van der Waals surface area contributed by atoms with E-state index < -0.39 is 33.9 Å². The van der Waals surface area contributed by atoms with E-state index in [0.29, 0.717) is 17.2 Å². The predicted molar refractivity (Wildman–Crippen MR) is 146 cm³/mol. The van der Waals surface area contributed by atoms with Gasteiger partial charge in [0.15, 0.2) is 12.0 Å². The minimum Gasteiger partial charge on any atom is -0.598 e. The lowest BCUT2D eigenvalue weighted by Gasteiger charge is -2.29. The molecule has 1 saturated heterocycles. The van der Waals surface area contributed by atoms with Crippen molar-refractivity contribution < 1.29 is 23.6 Å². The van der Waals surface area contributed by atoms with Gasteiger partial charge in [-0.1, -0.05) is 11.6 Å². The fourth-order valence-electron chi connectivity index (χ4n) is 4.22. The van der Waals surface area contributed by atoms with Gasteiger partial charge in [0.2, 0.25) is 0 Å². The summed E-state index contributed by atoms with van der Waals surface area (Å²) in [7, 11) is 4.65. The van der Waals surface area contributed by atoms with Gasteiger partial charge in [-0.05, 0) is 58.6 Å². The van der Waals surface area contributed by atoms with Crippen molar-refractivity contribution in [1.29, 1.82) is 0 Å². The zero-order valence-corrected chi connectivity index (χ0v) is 24.2. The Labute approximate surface area is 226 Å². The van der Waals surface area contributed by atoms with Crippen LogP contribution in [0.1, 0.15) is 69.9 Å². The lowest BCUT2D eigenvalue weighted by Crippen LogP contribution is -2.42. The molecule has 0 saturated carbocycles. The minimum absolute atomic E-state index is 0.104. The smallest absolute Gasteiger partial charge is 0.342 e. The third kappa shape index (κ3) is 6.86. The third-order valence-corrected chi connectivity index (χ3v) is 8.24. The van der Waals surface area contributed by atoms with E-state index >= 15 is 0 Å². The molecule has 2 heterocycles. The van der Waals surface area contributed by atoms with Crippen LogP contribution in [0.2, 0.25) is 5.02 Å². The Morgan fingerprint density at radius 1 is 1.41 bits per heavy atom. The van der Waals surface area contributed by atoms with Gasteiger partial charge in [-0.3, -0.25) is 4.79 Å². The number of aromatic nitrogens is 2. The normalized spacial score (nSPS) is 18.5. The summed E-state index contributed by atoms with van der Waals surface area (Å²) in [5.74, 6) is -1.20. The number of nitrogens with one attached hydrogen (secondary N) is 1. The topological polar surface area (TPSA) is 109 Å². The Kier molecular flexibility index (Phi) is 9.68. The zero-order valence-electron chi connectivity index (χ0n) is 22.6. The molecule has 3 unspecified atom stereocenters. The molecule has 3 rings (SSSR count). The molecule has 1 aromatic heterocycles. The number of ether oxygens (including phenoxy) is 2. The summed E-state index contributed by atoms with van der Waals surface area (Å²) >= 11 is 5.33. The van der Waals surface area contributed by atoms with Gasteiger partial charge in [-0.2, -0.15) is 5.10 Å². The van der Waals surface area contributed by atoms with Gasteiger partial charge in [0.05, 0.1) is 24.9 Å². The van der Waals surface area contributed by atoms with Gasteiger partial charge in [-0.15, -0.1) is 4.72 Å². The first-order valence-electron chi connectivity index (χ1n) is 12.3. The molecule has 3 atom stereocenters. The molecule has 1 fully saturated rings. The second-order valence-corrected chi connectivity index (χ2v) is 12.8. The van der Waals surface area contributed by atoms with Crippen LogP contribution in [0, 0.1) is 6.92 Å². The highest BCUT2D eigenvalue weighted by molar-refractivity contribution is 7.90. The average Bonchev–Trinajstić information content (AvgIpc) is 3.25. The predicted octanol–water partition coefficient (Wildman–Crippen LogP) is 4.37. The SMILES string of the molecule is COC(=O)/C(=C\N(C)C)C(=O)CC(N[S+]([O-])C(C)(C)C)c1c(Cl)c(C)cc2c1cnn2C1CCCCO1. The van der Waals surface area contributed by atoms with Crippen LogP contribution in [0.3, 0.4) is 0 Å². The number of halogens is 1. The van der Waals surface area contributed by atoms with E-state index in [0.717, 1.165) is 35.7 Å². The van der Waals surface area contributed by atoms with Crippen molar-refractivity contribution in [3.8, 4) is 0 Å². The number of ketones is 1. The van der Waals surface area contributed by atoms with Crippen LogP contribution < -0.4 is 4.72 Å². The Balaban J connectivity index is 2.13. The molecule has 1 aliphatic heterocycles. The number of Topliss-reactive ketones (excluding diaryl/α,β-unsaturated/α-hetero) is 1. The van der Waals surface area contributed by atoms with Crippen LogP contribution in [0.4, 0.5) is 0 Å². The number of nitrogens with zero attached hydrogens (tertiary/aromatic N) is 3. The van der Waals surface area contributed by atoms with E-state index in [1.165, 1.54) is 13.3 Å². The summed E-state index contributed by atoms with van der Waals surface area (Å²) < 4.78 is 28.4. The largest absolute Gasteiger partial charge is 0.598 e. The molecule has 1 aromatic carbocycles. The van der Waals surface area contributed by atoms with Crippen LogP contribution in [0.25, 0.3) is 10.9 Å². The highest BCUT2D eigenvalue weighted by Gasteiger charge is 2.35. The van der Waals surface area contributed by atoms with Crippen molar-refractivity contribution in [1.82, 2.24) is 19.4 Å². The van der Waals surface area contributed by atoms with Crippen molar-refractivity contribution in [2.24, 2.45) is 0 Å². The van der Waals surface area contributed by atoms with Crippen molar-refractivity contribution in [2.45, 2.75) is 70.4 Å². The van der Waals surface area contributed by atoms with E-state index in [2.05, 4.69) is 9.82 Å². The average molecular weight is 553 g/mol. The molecule has 204 valence electrons. The first-order valence-corrected chi connectivity index (χ1v) is 13.8. The van der Waals surface area contributed by atoms with Gasteiger partial charge < -0.3 is 18.9 Å². The maximum absolute atomic E-state index is 13.5. The van der Waals surface area contributed by atoms with Gasteiger partial charge >= 0.3 is 5.97 Å². The summed E-state index contributed by atoms with van der Waals surface area (Å²) in [6, 6.07) is 1.19. The maximum atomic E-state index is 13.5. The highest BCUT2D eigenvalue weighted by atomic mass is 35.5. The van der Waals surface area contributed by atoms with Crippen molar-refractivity contribution in [3.63, 3.8) is 0 Å². The van der Waals surface area contributed by atoms with E-state index in [9.17, 15) is 14.1 Å². The molecule has 9 nitrogen and oxygen atoms in total. The maximum Gasteiger partial charge on any atom is 0.342 e. The second-order valence-electron chi connectivity index (χ2n) is 10.4. The number of fused-ring (bicyclic) bond motifs is 1. The van der Waals surface area contributed by atoms with Gasteiger partial charge in [-0.25, -0.2) is 9.48 Å². The standard InChI is InChI=1S/C26H37ClN4O5S/c1-16-12-20-17(14-28-31(20)22-10-8-9-11-36-22)23(24(16)27)19(29-37(34)26(2,3)4)13-21(32)18(15-30(5)6)25(33)35-7/h12,14-15,19,22,29H,8-11,13H2,1-7H3/b18-15-. The molecule has 37 heavy (non-hydrogen) atoms. The van der Waals surface area contributed by atoms with Crippen LogP contribution in [-0.4, -0.2) is 63.5 Å². The molecular weight excluding hydrogens is 516 g/mol. The highest BCUT2D eigenvalue weighted by Crippen LogP contribution is 2.38. The molecule has 0 aliphatic carbocycles.